The van der Waals surface area contributed by atoms with E-state index in [0.29, 0.717) is 5.65 Å². The van der Waals surface area contributed by atoms with Gasteiger partial charge in [0.15, 0.2) is 11.3 Å². The van der Waals surface area contributed by atoms with E-state index in [9.17, 15) is 0 Å². The molecule has 1 aromatic carbocycles. The number of hydrogen-bond acceptors (Lipinski definition) is 4. The zero-order valence-electron chi connectivity index (χ0n) is 8.78. The molecule has 4 aromatic rings. The molecule has 0 amide bonds. The van der Waals surface area contributed by atoms with Crippen molar-refractivity contribution in [3.8, 4) is 0 Å². The summed E-state index contributed by atoms with van der Waals surface area (Å²) in [7, 11) is 0. The summed E-state index contributed by atoms with van der Waals surface area (Å²) in [6.45, 7) is 0. The highest BCUT2D eigenvalue weighted by atomic mass is 15.4. The smallest absolute Gasteiger partial charge is 0.180 e. The highest BCUT2D eigenvalue weighted by Gasteiger charge is 2.09. The van der Waals surface area contributed by atoms with Crippen LogP contribution in [0.2, 0.25) is 0 Å². The third-order valence-electron chi connectivity index (χ3n) is 2.79. The van der Waals surface area contributed by atoms with E-state index in [4.69, 9.17) is 0 Å². The van der Waals surface area contributed by atoms with E-state index in [0.717, 1.165) is 22.1 Å². The first-order valence-electron chi connectivity index (χ1n) is 5.28. The quantitative estimate of drug-likeness (QED) is 0.454. The monoisotopic (exact) mass is 221 g/mol. The van der Waals surface area contributed by atoms with Crippen molar-refractivity contribution >= 4 is 27.7 Å². The molecule has 5 nitrogen and oxygen atoms in total. The highest BCUT2D eigenvalue weighted by molar-refractivity contribution is 5.94. The predicted molar refractivity (Wildman–Crippen MR) is 63.6 cm³/mol. The standard InChI is InChI=1S/C12H7N5/c1-2-5-9-8(4-1)12-14-11-10(6-3-7-13-11)17(12)16-15-9/h1-7H. The number of hydrogen-bond donors (Lipinski definition) is 0. The molecule has 0 atom stereocenters. The fraction of sp³-hybridized carbons (Fsp3) is 0. The molecule has 0 N–H and O–H groups in total. The Balaban J connectivity index is 2.34. The van der Waals surface area contributed by atoms with Gasteiger partial charge in [0.25, 0.3) is 0 Å². The fourth-order valence-corrected chi connectivity index (χ4v) is 2.01. The minimum atomic E-state index is 0.693. The number of nitrogens with zero attached hydrogens (tertiary/aromatic N) is 5. The van der Waals surface area contributed by atoms with Crippen LogP contribution in [0, 0.1) is 0 Å². The molecule has 0 aliphatic carbocycles. The van der Waals surface area contributed by atoms with Crippen LogP contribution in [0.3, 0.4) is 0 Å². The van der Waals surface area contributed by atoms with Crippen molar-refractivity contribution in [1.82, 2.24) is 24.8 Å². The van der Waals surface area contributed by atoms with Gasteiger partial charge in [-0.1, -0.05) is 17.3 Å². The first-order chi connectivity index (χ1) is 8.43. The van der Waals surface area contributed by atoms with E-state index in [1.165, 1.54) is 0 Å². The number of rotatable bonds is 0. The van der Waals surface area contributed by atoms with Crippen LogP contribution in [0.4, 0.5) is 0 Å². The third kappa shape index (κ3) is 1.08. The van der Waals surface area contributed by atoms with Gasteiger partial charge >= 0.3 is 0 Å². The number of imidazole rings is 1. The molecule has 3 aromatic heterocycles. The normalized spacial score (nSPS) is 11.5. The lowest BCUT2D eigenvalue weighted by Gasteiger charge is -1.97. The average molecular weight is 221 g/mol. The molecule has 0 aliphatic rings. The summed E-state index contributed by atoms with van der Waals surface area (Å²) in [6.07, 6.45) is 1.73. The van der Waals surface area contributed by atoms with E-state index >= 15 is 0 Å². The molecule has 0 radical (unpaired) electrons. The van der Waals surface area contributed by atoms with E-state index in [1.807, 2.05) is 36.4 Å². The molecule has 0 bridgehead atoms. The van der Waals surface area contributed by atoms with Crippen LogP contribution < -0.4 is 0 Å². The molecule has 5 heteroatoms. The van der Waals surface area contributed by atoms with Gasteiger partial charge in [-0.3, -0.25) is 0 Å². The molecule has 4 rings (SSSR count). The van der Waals surface area contributed by atoms with Gasteiger partial charge in [-0.2, -0.15) is 4.52 Å². The van der Waals surface area contributed by atoms with E-state index < -0.39 is 0 Å². The molecule has 3 heterocycles. The topological polar surface area (TPSA) is 56.0 Å². The van der Waals surface area contributed by atoms with Crippen molar-refractivity contribution in [2.45, 2.75) is 0 Å². The first-order valence-corrected chi connectivity index (χ1v) is 5.28. The SMILES string of the molecule is c1ccc2c(c1)nnn1c3cccnc3nc21. The second-order valence-corrected chi connectivity index (χ2v) is 3.80. The Morgan fingerprint density at radius 3 is 2.94 bits per heavy atom. The first kappa shape index (κ1) is 8.58. The number of aromatic nitrogens is 5. The van der Waals surface area contributed by atoms with Crippen molar-refractivity contribution in [3.63, 3.8) is 0 Å². The molecule has 0 unspecified atom stereocenters. The largest absolute Gasteiger partial charge is 0.235 e. The molecular weight excluding hydrogens is 214 g/mol. The maximum absolute atomic E-state index is 4.49. The van der Waals surface area contributed by atoms with Crippen molar-refractivity contribution in [1.29, 1.82) is 0 Å². The van der Waals surface area contributed by atoms with Crippen LogP contribution in [0.1, 0.15) is 0 Å². The van der Waals surface area contributed by atoms with E-state index in [2.05, 4.69) is 20.3 Å². The Morgan fingerprint density at radius 2 is 1.94 bits per heavy atom. The molecule has 0 spiro atoms. The highest BCUT2D eigenvalue weighted by Crippen LogP contribution is 2.19. The van der Waals surface area contributed by atoms with Gasteiger partial charge in [0.1, 0.15) is 5.52 Å². The van der Waals surface area contributed by atoms with Gasteiger partial charge < -0.3 is 0 Å². The van der Waals surface area contributed by atoms with E-state index in [-0.39, 0.29) is 0 Å². The fourth-order valence-electron chi connectivity index (χ4n) is 2.01. The summed E-state index contributed by atoms with van der Waals surface area (Å²) in [5.41, 5.74) is 3.21. The van der Waals surface area contributed by atoms with Gasteiger partial charge in [0.2, 0.25) is 0 Å². The minimum absolute atomic E-state index is 0.693. The summed E-state index contributed by atoms with van der Waals surface area (Å²) in [5.74, 6) is 0. The molecule has 0 fully saturated rings. The third-order valence-corrected chi connectivity index (χ3v) is 2.79. The zero-order valence-corrected chi connectivity index (χ0v) is 8.78. The summed E-state index contributed by atoms with van der Waals surface area (Å²) in [6, 6.07) is 11.6. The number of benzene rings is 1. The number of pyridine rings is 1. The van der Waals surface area contributed by atoms with Crippen molar-refractivity contribution in [2.75, 3.05) is 0 Å². The second-order valence-electron chi connectivity index (χ2n) is 3.80. The van der Waals surface area contributed by atoms with Crippen LogP contribution in [0.15, 0.2) is 42.6 Å². The minimum Gasteiger partial charge on any atom is -0.235 e. The average Bonchev–Trinajstić information content (AvgIpc) is 2.78. The Kier molecular flexibility index (Phi) is 1.50. The van der Waals surface area contributed by atoms with Crippen LogP contribution >= 0.6 is 0 Å². The van der Waals surface area contributed by atoms with Crippen molar-refractivity contribution in [3.05, 3.63) is 42.6 Å². The van der Waals surface area contributed by atoms with Crippen LogP contribution in [0.25, 0.3) is 27.7 Å². The Morgan fingerprint density at radius 1 is 1.00 bits per heavy atom. The van der Waals surface area contributed by atoms with Crippen LogP contribution in [-0.4, -0.2) is 24.8 Å². The number of fused-ring (bicyclic) bond motifs is 5. The lowest BCUT2D eigenvalue weighted by Crippen LogP contribution is -1.95. The van der Waals surface area contributed by atoms with Gasteiger partial charge in [-0.05, 0) is 24.3 Å². The Bertz CT molecular complexity index is 849. The summed E-state index contributed by atoms with van der Waals surface area (Å²) < 4.78 is 1.73. The van der Waals surface area contributed by atoms with Crippen molar-refractivity contribution < 1.29 is 0 Å². The molecule has 17 heavy (non-hydrogen) atoms. The zero-order chi connectivity index (χ0) is 11.2. The van der Waals surface area contributed by atoms with Gasteiger partial charge in [-0.25, -0.2) is 9.97 Å². The molecule has 0 aliphatic heterocycles. The summed E-state index contributed by atoms with van der Waals surface area (Å²) >= 11 is 0. The van der Waals surface area contributed by atoms with E-state index in [1.54, 1.807) is 10.7 Å². The van der Waals surface area contributed by atoms with Gasteiger partial charge in [0.05, 0.1) is 5.52 Å². The van der Waals surface area contributed by atoms with Crippen LogP contribution in [0.5, 0.6) is 0 Å². The Hall–Kier alpha value is -2.56. The predicted octanol–water partition coefficient (Wildman–Crippen LogP) is 1.83. The molecule has 80 valence electrons. The maximum Gasteiger partial charge on any atom is 0.180 e. The van der Waals surface area contributed by atoms with Crippen molar-refractivity contribution in [2.24, 2.45) is 0 Å². The molecular formula is C12H7N5. The maximum atomic E-state index is 4.49. The van der Waals surface area contributed by atoms with Gasteiger partial charge in [0, 0.05) is 11.6 Å². The van der Waals surface area contributed by atoms with Gasteiger partial charge in [-0.15, -0.1) is 5.10 Å². The molecule has 0 saturated heterocycles. The lowest BCUT2D eigenvalue weighted by molar-refractivity contribution is 0.850. The van der Waals surface area contributed by atoms with Crippen LogP contribution in [-0.2, 0) is 0 Å². The second kappa shape index (κ2) is 2.98. The molecule has 0 saturated carbocycles. The Labute approximate surface area is 95.7 Å². The summed E-state index contributed by atoms with van der Waals surface area (Å²) in [4.78, 5) is 8.72. The summed E-state index contributed by atoms with van der Waals surface area (Å²) in [5, 5.41) is 9.33. The lowest BCUT2D eigenvalue weighted by atomic mass is 10.2.